The lowest BCUT2D eigenvalue weighted by atomic mass is 9.99. The zero-order valence-corrected chi connectivity index (χ0v) is 15.1. The second-order valence-electron chi connectivity index (χ2n) is 5.94. The van der Waals surface area contributed by atoms with Crippen LogP contribution in [0.25, 0.3) is 0 Å². The number of carbonyl (C=O) groups is 3. The Morgan fingerprint density at radius 3 is 1.52 bits per heavy atom. The summed E-state index contributed by atoms with van der Waals surface area (Å²) < 4.78 is 9.35. The minimum Gasteiger partial charge on any atom is -0.360 e. The summed E-state index contributed by atoms with van der Waals surface area (Å²) in [7, 11) is 0. The van der Waals surface area contributed by atoms with Gasteiger partial charge in [0.1, 0.15) is 0 Å². The van der Waals surface area contributed by atoms with Crippen LogP contribution in [0.5, 0.6) is 0 Å². The van der Waals surface area contributed by atoms with Crippen LogP contribution < -0.4 is 0 Å². The van der Waals surface area contributed by atoms with E-state index >= 15 is 0 Å². The van der Waals surface area contributed by atoms with Crippen molar-refractivity contribution in [2.45, 2.75) is 85.5 Å². The number of unbranched alkanes of at least 4 members (excludes halogenated alkanes) is 3. The largest absolute Gasteiger partial charge is 0.524 e. The standard InChI is InChI=1S/C18H32O5/c1-5-9-11-13-15(8-4)17(20)23-18(21)22-16(19)14(7-3)12-10-6-2/h14-15H,5-13H2,1-4H3. The number of rotatable bonds is 11. The van der Waals surface area contributed by atoms with Gasteiger partial charge in [0, 0.05) is 0 Å². The number of hydrogen-bond acceptors (Lipinski definition) is 5. The van der Waals surface area contributed by atoms with E-state index < -0.39 is 18.1 Å². The van der Waals surface area contributed by atoms with Crippen molar-refractivity contribution in [2.24, 2.45) is 11.8 Å². The summed E-state index contributed by atoms with van der Waals surface area (Å²) in [6.45, 7) is 7.88. The smallest absolute Gasteiger partial charge is 0.360 e. The van der Waals surface area contributed by atoms with E-state index in [9.17, 15) is 14.4 Å². The number of esters is 2. The Morgan fingerprint density at radius 1 is 0.696 bits per heavy atom. The van der Waals surface area contributed by atoms with Gasteiger partial charge in [-0.2, -0.15) is 0 Å². The average Bonchev–Trinajstić information content (AvgIpc) is 2.52. The molecule has 0 saturated carbocycles. The molecule has 0 N–H and O–H groups in total. The molecular weight excluding hydrogens is 296 g/mol. The molecule has 0 aromatic heterocycles. The van der Waals surface area contributed by atoms with Crippen LogP contribution in [0.15, 0.2) is 0 Å². The fourth-order valence-electron chi connectivity index (χ4n) is 2.42. The Bertz CT molecular complexity index is 364. The van der Waals surface area contributed by atoms with Crippen molar-refractivity contribution in [3.8, 4) is 0 Å². The number of ether oxygens (including phenoxy) is 2. The van der Waals surface area contributed by atoms with E-state index in [4.69, 9.17) is 0 Å². The van der Waals surface area contributed by atoms with Crippen molar-refractivity contribution >= 4 is 18.1 Å². The van der Waals surface area contributed by atoms with Crippen LogP contribution in [-0.2, 0) is 19.1 Å². The Hall–Kier alpha value is -1.39. The third kappa shape index (κ3) is 9.36. The number of carbonyl (C=O) groups excluding carboxylic acids is 3. The topological polar surface area (TPSA) is 69.7 Å². The van der Waals surface area contributed by atoms with Crippen LogP contribution in [0.1, 0.15) is 85.5 Å². The molecule has 0 aliphatic carbocycles. The van der Waals surface area contributed by atoms with E-state index in [1.165, 1.54) is 0 Å². The summed E-state index contributed by atoms with van der Waals surface area (Å²) in [5.74, 6) is -1.82. The van der Waals surface area contributed by atoms with Crippen LogP contribution >= 0.6 is 0 Å². The molecule has 0 aromatic rings. The fourth-order valence-corrected chi connectivity index (χ4v) is 2.42. The average molecular weight is 328 g/mol. The fraction of sp³-hybridized carbons (Fsp3) is 0.833. The van der Waals surface area contributed by atoms with Gasteiger partial charge in [-0.1, -0.05) is 59.8 Å². The van der Waals surface area contributed by atoms with E-state index in [-0.39, 0.29) is 11.8 Å². The van der Waals surface area contributed by atoms with Gasteiger partial charge in [0.2, 0.25) is 0 Å². The molecule has 2 unspecified atom stereocenters. The molecule has 0 aliphatic heterocycles. The molecule has 134 valence electrons. The summed E-state index contributed by atoms with van der Waals surface area (Å²) in [4.78, 5) is 35.4. The second kappa shape index (κ2) is 13.1. The van der Waals surface area contributed by atoms with Gasteiger partial charge in [-0.15, -0.1) is 0 Å². The molecule has 0 bridgehead atoms. The molecule has 5 heteroatoms. The maximum atomic E-state index is 11.9. The highest BCUT2D eigenvalue weighted by Gasteiger charge is 2.26. The zero-order chi connectivity index (χ0) is 17.7. The quantitative estimate of drug-likeness (QED) is 0.303. The molecule has 0 aromatic carbocycles. The van der Waals surface area contributed by atoms with E-state index in [1.807, 2.05) is 20.8 Å². The van der Waals surface area contributed by atoms with Gasteiger partial charge in [0.25, 0.3) is 0 Å². The van der Waals surface area contributed by atoms with E-state index in [0.717, 1.165) is 32.1 Å². The monoisotopic (exact) mass is 328 g/mol. The van der Waals surface area contributed by atoms with Crippen LogP contribution in [0.3, 0.4) is 0 Å². The van der Waals surface area contributed by atoms with Crippen molar-refractivity contribution in [1.29, 1.82) is 0 Å². The summed E-state index contributed by atoms with van der Waals surface area (Å²) in [5, 5.41) is 0. The molecule has 0 saturated heterocycles. The first kappa shape index (κ1) is 21.6. The summed E-state index contributed by atoms with van der Waals surface area (Å²) in [6.07, 6.45) is 6.31. The van der Waals surface area contributed by atoms with Gasteiger partial charge < -0.3 is 9.47 Å². The first-order chi connectivity index (χ1) is 11.0. The minimum absolute atomic E-state index is 0.314. The van der Waals surface area contributed by atoms with Gasteiger partial charge in [-0.25, -0.2) is 4.79 Å². The first-order valence-corrected chi connectivity index (χ1v) is 8.97. The SMILES string of the molecule is CCCCCC(CC)C(=O)OC(=O)OC(=O)C(CC)CCCC. The van der Waals surface area contributed by atoms with Crippen molar-refractivity contribution in [2.75, 3.05) is 0 Å². The first-order valence-electron chi connectivity index (χ1n) is 8.97. The molecule has 23 heavy (non-hydrogen) atoms. The highest BCUT2D eigenvalue weighted by Crippen LogP contribution is 2.17. The summed E-state index contributed by atoms with van der Waals surface area (Å²) in [5.41, 5.74) is 0. The second-order valence-corrected chi connectivity index (χ2v) is 5.94. The highest BCUT2D eigenvalue weighted by atomic mass is 16.8. The normalized spacial score (nSPS) is 13.2. The molecule has 0 aliphatic rings. The molecule has 0 rings (SSSR count). The van der Waals surface area contributed by atoms with E-state index in [0.29, 0.717) is 25.7 Å². The van der Waals surface area contributed by atoms with Crippen molar-refractivity contribution in [3.63, 3.8) is 0 Å². The van der Waals surface area contributed by atoms with Crippen LogP contribution in [-0.4, -0.2) is 18.1 Å². The lowest BCUT2D eigenvalue weighted by molar-refractivity contribution is -0.151. The maximum Gasteiger partial charge on any atom is 0.524 e. The lowest BCUT2D eigenvalue weighted by Gasteiger charge is -2.14. The third-order valence-electron chi connectivity index (χ3n) is 4.08. The van der Waals surface area contributed by atoms with Crippen LogP contribution in [0.4, 0.5) is 4.79 Å². The molecular formula is C18H32O5. The number of hydrogen-bond donors (Lipinski definition) is 0. The van der Waals surface area contributed by atoms with Gasteiger partial charge >= 0.3 is 18.1 Å². The third-order valence-corrected chi connectivity index (χ3v) is 4.08. The summed E-state index contributed by atoms with van der Waals surface area (Å²) in [6, 6.07) is 0. The lowest BCUT2D eigenvalue weighted by Crippen LogP contribution is -2.26. The van der Waals surface area contributed by atoms with Crippen LogP contribution in [0, 0.1) is 11.8 Å². The van der Waals surface area contributed by atoms with Crippen molar-refractivity contribution in [1.82, 2.24) is 0 Å². The predicted octanol–water partition coefficient (Wildman–Crippen LogP) is 5.02. The molecule has 2 atom stereocenters. The Morgan fingerprint density at radius 2 is 1.13 bits per heavy atom. The van der Waals surface area contributed by atoms with Crippen LogP contribution in [0.2, 0.25) is 0 Å². The van der Waals surface area contributed by atoms with Gasteiger partial charge in [-0.05, 0) is 25.7 Å². The van der Waals surface area contributed by atoms with Gasteiger partial charge in [0.15, 0.2) is 0 Å². The summed E-state index contributed by atoms with van der Waals surface area (Å²) >= 11 is 0. The molecule has 0 spiro atoms. The molecule has 5 nitrogen and oxygen atoms in total. The molecule has 0 fully saturated rings. The van der Waals surface area contributed by atoms with Crippen molar-refractivity contribution < 1.29 is 23.9 Å². The molecule has 0 radical (unpaired) electrons. The predicted molar refractivity (Wildman–Crippen MR) is 88.8 cm³/mol. The van der Waals surface area contributed by atoms with Crippen molar-refractivity contribution in [3.05, 3.63) is 0 Å². The van der Waals surface area contributed by atoms with Gasteiger partial charge in [0.05, 0.1) is 11.8 Å². The van der Waals surface area contributed by atoms with E-state index in [1.54, 1.807) is 0 Å². The highest BCUT2D eigenvalue weighted by molar-refractivity contribution is 5.89. The molecule has 0 heterocycles. The Balaban J connectivity index is 4.33. The Labute approximate surface area is 140 Å². The molecule has 0 amide bonds. The van der Waals surface area contributed by atoms with E-state index in [2.05, 4.69) is 16.4 Å². The maximum absolute atomic E-state index is 11.9. The van der Waals surface area contributed by atoms with Gasteiger partial charge in [-0.3, -0.25) is 9.59 Å². The zero-order valence-electron chi connectivity index (χ0n) is 15.1. The Kier molecular flexibility index (Phi) is 12.3. The minimum atomic E-state index is -1.19.